The van der Waals surface area contributed by atoms with E-state index in [1.54, 1.807) is 43.8 Å². The molecule has 16 heteroatoms. The molecule has 1 atom stereocenters. The van der Waals surface area contributed by atoms with Crippen LogP contribution >= 0.6 is 11.6 Å². The molecule has 0 spiro atoms. The highest BCUT2D eigenvalue weighted by Crippen LogP contribution is 2.55. The Labute approximate surface area is 373 Å². The van der Waals surface area contributed by atoms with Crippen molar-refractivity contribution in [1.82, 2.24) is 30.4 Å². The molecule has 2 aliphatic carbocycles. The van der Waals surface area contributed by atoms with Crippen molar-refractivity contribution in [2.24, 2.45) is 16.7 Å². The van der Waals surface area contributed by atoms with E-state index in [1.807, 2.05) is 6.07 Å². The monoisotopic (exact) mass is 880 g/mol. The Morgan fingerprint density at radius 2 is 1.75 bits per heavy atom. The normalized spacial score (nSPS) is 25.2. The molecule has 334 valence electrons. The van der Waals surface area contributed by atoms with Gasteiger partial charge in [0.25, 0.3) is 11.8 Å². The van der Waals surface area contributed by atoms with Gasteiger partial charge in [0.05, 0.1) is 42.2 Å². The summed E-state index contributed by atoms with van der Waals surface area (Å²) in [5, 5.41) is 15.1. The van der Waals surface area contributed by atoms with Crippen LogP contribution in [0.1, 0.15) is 112 Å². The smallest absolute Gasteiger partial charge is 0.271 e. The van der Waals surface area contributed by atoms with Crippen LogP contribution in [0, 0.1) is 28.1 Å². The maximum atomic E-state index is 13.5. The number of carbonyl (C=O) groups is 4. The quantitative estimate of drug-likeness (QED) is 0.194. The molecule has 15 nitrogen and oxygen atoms in total. The Kier molecular flexibility index (Phi) is 12.1. The van der Waals surface area contributed by atoms with Gasteiger partial charge in [-0.05, 0) is 57.2 Å². The minimum atomic E-state index is -0.696. The number of nitrogens with zero attached hydrogens (tertiary/aromatic N) is 6. The van der Waals surface area contributed by atoms with E-state index < -0.39 is 22.8 Å². The van der Waals surface area contributed by atoms with E-state index in [0.29, 0.717) is 57.8 Å². The molecule has 1 aromatic heterocycles. The van der Waals surface area contributed by atoms with Gasteiger partial charge in [0.1, 0.15) is 53.1 Å². The highest BCUT2D eigenvalue weighted by molar-refractivity contribution is 6.31. The number of nitrogens with one attached hydrogen (secondary N) is 2. The van der Waals surface area contributed by atoms with Gasteiger partial charge in [-0.15, -0.1) is 0 Å². The molecule has 0 radical (unpaired) electrons. The summed E-state index contributed by atoms with van der Waals surface area (Å²) in [6, 6.07) is 10.6. The molecule has 63 heavy (non-hydrogen) atoms. The van der Waals surface area contributed by atoms with Gasteiger partial charge in [-0.25, -0.2) is 9.97 Å². The summed E-state index contributed by atoms with van der Waals surface area (Å²) < 4.78 is 18.5. The van der Waals surface area contributed by atoms with E-state index in [2.05, 4.69) is 78.0 Å². The summed E-state index contributed by atoms with van der Waals surface area (Å²) in [7, 11) is 1.57. The Bertz CT molecular complexity index is 2300. The van der Waals surface area contributed by atoms with Gasteiger partial charge in [0.15, 0.2) is 0 Å². The molecular formula is C47H57ClN8O7. The van der Waals surface area contributed by atoms with Gasteiger partial charge in [-0.2, -0.15) is 5.26 Å². The van der Waals surface area contributed by atoms with Gasteiger partial charge in [0, 0.05) is 85.5 Å². The first-order valence-corrected chi connectivity index (χ1v) is 22.4. The lowest BCUT2D eigenvalue weighted by Crippen LogP contribution is -2.74. The number of carbonyl (C=O) groups excluding carboxylic acids is 4. The number of anilines is 1. The van der Waals surface area contributed by atoms with Crippen LogP contribution in [-0.2, 0) is 16.1 Å². The molecule has 0 bridgehead atoms. The summed E-state index contributed by atoms with van der Waals surface area (Å²) >= 11 is 6.26. The van der Waals surface area contributed by atoms with E-state index in [1.165, 1.54) is 4.90 Å². The first-order chi connectivity index (χ1) is 30.0. The fraction of sp³-hybridized carbons (Fsp3) is 0.553. The van der Waals surface area contributed by atoms with Gasteiger partial charge in [-0.1, -0.05) is 39.3 Å². The molecule has 3 aromatic rings. The highest BCUT2D eigenvalue weighted by atomic mass is 35.5. The fourth-order valence-electron chi connectivity index (χ4n) is 10.8. The van der Waals surface area contributed by atoms with Crippen LogP contribution in [0.5, 0.6) is 17.2 Å². The van der Waals surface area contributed by atoms with Gasteiger partial charge < -0.3 is 29.3 Å². The number of nitriles is 1. The zero-order valence-electron chi connectivity index (χ0n) is 37.1. The molecule has 0 unspecified atom stereocenters. The van der Waals surface area contributed by atoms with Crippen molar-refractivity contribution in [2.45, 2.75) is 123 Å². The largest absolute Gasteiger partial charge is 0.496 e. The number of hydrogen-bond donors (Lipinski definition) is 2. The van der Waals surface area contributed by atoms with E-state index >= 15 is 0 Å². The third kappa shape index (κ3) is 8.52. The zero-order valence-corrected chi connectivity index (χ0v) is 37.8. The molecule has 4 heterocycles. The van der Waals surface area contributed by atoms with E-state index in [-0.39, 0.29) is 54.6 Å². The average Bonchev–Trinajstić information content (AvgIpc) is 3.57. The number of piperidine rings is 2. The summed E-state index contributed by atoms with van der Waals surface area (Å²) in [5.41, 5.74) is 1.05. The highest BCUT2D eigenvalue weighted by Gasteiger charge is 2.64. The number of halogens is 1. The van der Waals surface area contributed by atoms with E-state index in [4.69, 9.17) is 25.8 Å². The van der Waals surface area contributed by atoms with Gasteiger partial charge in [0.2, 0.25) is 11.8 Å². The molecule has 4 amide bonds. The maximum Gasteiger partial charge on any atom is 0.271 e. The number of ether oxygens (including phenoxy) is 3. The minimum Gasteiger partial charge on any atom is -0.496 e. The molecule has 2 saturated carbocycles. The van der Waals surface area contributed by atoms with Crippen LogP contribution in [0.25, 0.3) is 0 Å². The van der Waals surface area contributed by atoms with Crippen LogP contribution in [0.2, 0.25) is 5.02 Å². The summed E-state index contributed by atoms with van der Waals surface area (Å²) in [6.07, 6.45) is 7.33. The molecule has 3 aliphatic heterocycles. The Morgan fingerprint density at radius 3 is 2.37 bits per heavy atom. The lowest BCUT2D eigenvalue weighted by molar-refractivity contribution is -0.164. The number of imide groups is 1. The Morgan fingerprint density at radius 1 is 1.02 bits per heavy atom. The molecule has 5 aliphatic rings. The number of benzene rings is 2. The van der Waals surface area contributed by atoms with Crippen LogP contribution in [-0.4, -0.2) is 107 Å². The predicted molar refractivity (Wildman–Crippen MR) is 235 cm³/mol. The van der Waals surface area contributed by atoms with E-state index in [0.717, 1.165) is 56.7 Å². The topological polar surface area (TPSA) is 179 Å². The molecule has 2 N–H and O–H groups in total. The van der Waals surface area contributed by atoms with Crippen molar-refractivity contribution < 1.29 is 33.4 Å². The Balaban J connectivity index is 0.803. The third-order valence-electron chi connectivity index (χ3n) is 14.0. The summed E-state index contributed by atoms with van der Waals surface area (Å²) in [5.74, 6) is 1.69. The standard InChI is InChI=1S/C47H57ClN8O7/c1-26(2)55(29-16-31(17-29)62-32-18-33-34(38(20-32)61-7)25-56(43(33)60)37-10-11-40(57)52-42(37)59)24-27-12-14-54(15-13-27)39-23-50-36(22-51-39)41(58)53-44-46(3,4)45(47(44,5)6)63-30-9-8-28(21-49)35(48)19-30/h8-9,18-20,22-23,26-27,29,31,37,44-45H,10-17,24-25H2,1-7H3,(H,53,58)(H,52,57,59)/t29?,31?,37-,44?,45?/m1/s1. The van der Waals surface area contributed by atoms with Crippen LogP contribution in [0.15, 0.2) is 42.7 Å². The third-order valence-corrected chi connectivity index (χ3v) is 14.3. The molecule has 8 rings (SSSR count). The summed E-state index contributed by atoms with van der Waals surface area (Å²) in [4.78, 5) is 66.8. The number of hydrogen-bond acceptors (Lipinski definition) is 12. The van der Waals surface area contributed by atoms with Crippen molar-refractivity contribution in [3.05, 3.63) is 70.1 Å². The number of fused-ring (bicyclic) bond motifs is 1. The second kappa shape index (κ2) is 17.3. The summed E-state index contributed by atoms with van der Waals surface area (Å²) in [6.45, 7) is 15.7. The Hall–Kier alpha value is -5.46. The van der Waals surface area contributed by atoms with Crippen LogP contribution in [0.3, 0.4) is 0 Å². The molecule has 2 aromatic carbocycles. The first kappa shape index (κ1) is 44.2. The number of rotatable bonds is 13. The predicted octanol–water partition coefficient (Wildman–Crippen LogP) is 5.92. The van der Waals surface area contributed by atoms with Crippen molar-refractivity contribution in [1.29, 1.82) is 5.26 Å². The lowest BCUT2D eigenvalue weighted by atomic mass is 9.49. The second-order valence-electron chi connectivity index (χ2n) is 19.2. The van der Waals surface area contributed by atoms with E-state index in [9.17, 15) is 24.4 Å². The van der Waals surface area contributed by atoms with Crippen molar-refractivity contribution in [2.75, 3.05) is 31.6 Å². The van der Waals surface area contributed by atoms with Crippen molar-refractivity contribution in [3.63, 3.8) is 0 Å². The SMILES string of the molecule is COc1cc(OC2CC(N(CC3CCN(c4cnc(C(=O)NC5C(C)(C)C(Oc6ccc(C#N)c(Cl)c6)C5(C)C)cn4)CC3)C(C)C)C2)cc2c1CN([C@@H]1CCC(=O)NC1=O)C2=O. The maximum absolute atomic E-state index is 13.5. The second-order valence-corrected chi connectivity index (χ2v) is 19.6. The zero-order chi connectivity index (χ0) is 45.0. The van der Waals surface area contributed by atoms with Crippen molar-refractivity contribution >= 4 is 41.0 Å². The molecule has 4 fully saturated rings. The number of methoxy groups -OCH3 is 1. The molecular weight excluding hydrogens is 824 g/mol. The van der Waals surface area contributed by atoms with Crippen molar-refractivity contribution in [3.8, 4) is 23.3 Å². The first-order valence-electron chi connectivity index (χ1n) is 22.0. The minimum absolute atomic E-state index is 0.00463. The number of aromatic nitrogens is 2. The molecule has 2 saturated heterocycles. The average molecular weight is 881 g/mol. The number of amides is 4. The van der Waals surface area contributed by atoms with Gasteiger partial charge >= 0.3 is 0 Å². The van der Waals surface area contributed by atoms with Crippen LogP contribution < -0.4 is 29.7 Å². The van der Waals surface area contributed by atoms with Gasteiger partial charge in [-0.3, -0.25) is 29.4 Å². The van der Waals surface area contributed by atoms with Crippen LogP contribution in [0.4, 0.5) is 5.82 Å². The lowest BCUT2D eigenvalue weighted by Gasteiger charge is -2.63. The fourth-order valence-corrected chi connectivity index (χ4v) is 11.0.